The minimum atomic E-state index is -3.99. The SMILES string of the molecule is NC(=O)C12C(=O)CN(S(=O)(=O)Cc3cccnc3)C1CCN2C(=O)[CH]Cc1ccc(O)cc1. The van der Waals surface area contributed by atoms with Crippen molar-refractivity contribution >= 4 is 27.6 Å². The number of ketones is 1. The van der Waals surface area contributed by atoms with Gasteiger partial charge in [0.15, 0.2) is 11.3 Å². The molecule has 2 unspecified atom stereocenters. The molecule has 173 valence electrons. The van der Waals surface area contributed by atoms with Crippen molar-refractivity contribution in [3.8, 4) is 5.75 Å². The number of nitrogens with two attached hydrogens (primary N) is 1. The fourth-order valence-corrected chi connectivity index (χ4v) is 6.33. The van der Waals surface area contributed by atoms with Crippen molar-refractivity contribution in [2.45, 2.75) is 30.2 Å². The Labute approximate surface area is 191 Å². The van der Waals surface area contributed by atoms with Gasteiger partial charge in [0.1, 0.15) is 5.75 Å². The molecule has 2 aliphatic rings. The lowest BCUT2D eigenvalue weighted by molar-refractivity contribution is -0.147. The second-order valence-electron chi connectivity index (χ2n) is 8.09. The summed E-state index contributed by atoms with van der Waals surface area (Å²) >= 11 is 0. The number of fused-ring (bicyclic) bond motifs is 1. The number of amides is 2. The van der Waals surface area contributed by atoms with E-state index in [1.54, 1.807) is 24.3 Å². The maximum Gasteiger partial charge on any atom is 0.252 e. The van der Waals surface area contributed by atoms with E-state index in [2.05, 4.69) is 4.98 Å². The Morgan fingerprint density at radius 2 is 1.94 bits per heavy atom. The summed E-state index contributed by atoms with van der Waals surface area (Å²) in [6.07, 6.45) is 4.56. The molecule has 2 amide bonds. The highest BCUT2D eigenvalue weighted by Gasteiger charge is 2.68. The van der Waals surface area contributed by atoms with Gasteiger partial charge in [0, 0.05) is 18.9 Å². The molecule has 0 saturated carbocycles. The molecular formula is C22H23N4O6S. The highest BCUT2D eigenvalue weighted by molar-refractivity contribution is 7.88. The van der Waals surface area contributed by atoms with Gasteiger partial charge in [-0.25, -0.2) is 8.42 Å². The summed E-state index contributed by atoms with van der Waals surface area (Å²) in [7, 11) is -3.99. The van der Waals surface area contributed by atoms with Gasteiger partial charge in [-0.15, -0.1) is 0 Å². The van der Waals surface area contributed by atoms with E-state index >= 15 is 0 Å². The molecule has 1 aromatic carbocycles. The number of hydrogen-bond donors (Lipinski definition) is 2. The number of primary amides is 1. The number of carbonyl (C=O) groups excluding carboxylic acids is 3. The molecule has 2 fully saturated rings. The van der Waals surface area contributed by atoms with Gasteiger partial charge in [-0.3, -0.25) is 19.4 Å². The van der Waals surface area contributed by atoms with Crippen LogP contribution < -0.4 is 5.73 Å². The Bertz CT molecular complexity index is 1190. The Morgan fingerprint density at radius 1 is 1.21 bits per heavy atom. The van der Waals surface area contributed by atoms with Crippen LogP contribution in [0.3, 0.4) is 0 Å². The fraction of sp³-hybridized carbons (Fsp3) is 0.318. The molecule has 1 radical (unpaired) electrons. The lowest BCUT2D eigenvalue weighted by atomic mass is 9.89. The van der Waals surface area contributed by atoms with Crippen LogP contribution in [0.25, 0.3) is 0 Å². The van der Waals surface area contributed by atoms with Crippen LogP contribution in [0.4, 0.5) is 0 Å². The van der Waals surface area contributed by atoms with Gasteiger partial charge >= 0.3 is 0 Å². The Morgan fingerprint density at radius 3 is 2.58 bits per heavy atom. The van der Waals surface area contributed by atoms with E-state index in [1.807, 2.05) is 0 Å². The normalized spacial score (nSPS) is 23.0. The fourth-order valence-electron chi connectivity index (χ4n) is 4.61. The average molecular weight is 472 g/mol. The lowest BCUT2D eigenvalue weighted by Gasteiger charge is -2.34. The molecule has 1 aromatic heterocycles. The number of rotatable bonds is 7. The third-order valence-corrected chi connectivity index (χ3v) is 7.92. The highest BCUT2D eigenvalue weighted by Crippen LogP contribution is 2.41. The van der Waals surface area contributed by atoms with E-state index < -0.39 is 45.7 Å². The standard InChI is InChI=1S/C22H23N4O6S/c23-21(30)22-18(9-11-25(22)20(29)8-5-15-3-6-17(27)7-4-15)26(13-19(22)28)33(31,32)14-16-2-1-10-24-12-16/h1-4,6-8,10,12,18,27H,5,9,11,13-14H2,(H2,23,30). The van der Waals surface area contributed by atoms with E-state index in [4.69, 9.17) is 5.73 Å². The number of benzene rings is 1. The third kappa shape index (κ3) is 3.98. The molecule has 3 heterocycles. The van der Waals surface area contributed by atoms with Crippen molar-refractivity contribution in [1.29, 1.82) is 0 Å². The van der Waals surface area contributed by atoms with Crippen molar-refractivity contribution in [3.63, 3.8) is 0 Å². The Kier molecular flexibility index (Phi) is 5.93. The van der Waals surface area contributed by atoms with Gasteiger partial charge in [0.05, 0.1) is 24.8 Å². The molecule has 0 bridgehead atoms. The zero-order chi connectivity index (χ0) is 23.8. The van der Waals surface area contributed by atoms with Crippen molar-refractivity contribution in [2.24, 2.45) is 5.73 Å². The third-order valence-electron chi connectivity index (χ3n) is 6.13. The van der Waals surface area contributed by atoms with Gasteiger partial charge < -0.3 is 15.7 Å². The first-order chi connectivity index (χ1) is 15.7. The second kappa shape index (κ2) is 8.56. The number of carbonyl (C=O) groups is 3. The zero-order valence-corrected chi connectivity index (χ0v) is 18.4. The van der Waals surface area contributed by atoms with Crippen LogP contribution in [0.5, 0.6) is 5.75 Å². The minimum absolute atomic E-state index is 0.0170. The monoisotopic (exact) mass is 471 g/mol. The van der Waals surface area contributed by atoms with Crippen molar-refractivity contribution in [3.05, 3.63) is 66.3 Å². The molecule has 2 aromatic rings. The number of likely N-dealkylation sites (tertiary alicyclic amines) is 1. The summed E-state index contributed by atoms with van der Waals surface area (Å²) in [5.74, 6) is -2.63. The molecular weight excluding hydrogens is 448 g/mol. The number of hydrogen-bond acceptors (Lipinski definition) is 7. The van der Waals surface area contributed by atoms with E-state index in [0.717, 1.165) is 14.8 Å². The van der Waals surface area contributed by atoms with E-state index in [0.29, 0.717) is 5.56 Å². The minimum Gasteiger partial charge on any atom is -0.508 e. The molecule has 2 saturated heterocycles. The zero-order valence-electron chi connectivity index (χ0n) is 17.6. The predicted molar refractivity (Wildman–Crippen MR) is 117 cm³/mol. The molecule has 2 atom stereocenters. The number of phenols is 1. The van der Waals surface area contributed by atoms with Crippen molar-refractivity contribution < 1.29 is 27.9 Å². The first-order valence-corrected chi connectivity index (χ1v) is 11.9. The van der Waals surface area contributed by atoms with Crippen LogP contribution in [-0.2, 0) is 36.6 Å². The summed E-state index contributed by atoms with van der Waals surface area (Å²) in [6.45, 7) is -0.513. The number of nitrogens with zero attached hydrogens (tertiary/aromatic N) is 3. The van der Waals surface area contributed by atoms with Crippen LogP contribution in [0.2, 0.25) is 0 Å². The maximum atomic E-state index is 13.1. The number of aromatic nitrogens is 1. The summed E-state index contributed by atoms with van der Waals surface area (Å²) < 4.78 is 27.3. The number of pyridine rings is 1. The molecule has 3 N–H and O–H groups in total. The number of Topliss-reactive ketones (excluding diaryl/α,β-unsaturated/α-hetero) is 1. The summed E-state index contributed by atoms with van der Waals surface area (Å²) in [5.41, 5.74) is 4.79. The topological polar surface area (TPSA) is 151 Å². The van der Waals surface area contributed by atoms with E-state index in [-0.39, 0.29) is 30.9 Å². The molecule has 4 rings (SSSR count). The summed E-state index contributed by atoms with van der Waals surface area (Å²) in [5, 5.41) is 9.39. The average Bonchev–Trinajstić information content (AvgIpc) is 3.31. The van der Waals surface area contributed by atoms with Crippen LogP contribution in [-0.4, -0.2) is 70.0 Å². The Balaban J connectivity index is 1.57. The molecule has 11 heteroatoms. The van der Waals surface area contributed by atoms with Gasteiger partial charge in [-0.2, -0.15) is 4.31 Å². The first kappa shape index (κ1) is 22.9. The molecule has 0 spiro atoms. The predicted octanol–water partition coefficient (Wildman–Crippen LogP) is -0.226. The Hall–Kier alpha value is -3.31. The van der Waals surface area contributed by atoms with E-state index in [1.165, 1.54) is 30.9 Å². The van der Waals surface area contributed by atoms with Crippen molar-refractivity contribution in [1.82, 2.24) is 14.2 Å². The molecule has 0 aliphatic carbocycles. The van der Waals surface area contributed by atoms with Crippen LogP contribution in [0.1, 0.15) is 17.5 Å². The van der Waals surface area contributed by atoms with Crippen LogP contribution >= 0.6 is 0 Å². The summed E-state index contributed by atoms with van der Waals surface area (Å²) in [6, 6.07) is 8.40. The largest absolute Gasteiger partial charge is 0.508 e. The molecule has 10 nitrogen and oxygen atoms in total. The maximum absolute atomic E-state index is 13.1. The second-order valence-corrected chi connectivity index (χ2v) is 10.0. The number of sulfonamides is 1. The number of phenolic OH excluding ortho intramolecular Hbond substituents is 1. The van der Waals surface area contributed by atoms with Crippen LogP contribution in [0.15, 0.2) is 48.8 Å². The van der Waals surface area contributed by atoms with Crippen molar-refractivity contribution in [2.75, 3.05) is 13.1 Å². The molecule has 33 heavy (non-hydrogen) atoms. The number of aromatic hydroxyl groups is 1. The smallest absolute Gasteiger partial charge is 0.252 e. The molecule has 2 aliphatic heterocycles. The van der Waals surface area contributed by atoms with Gasteiger partial charge in [-0.1, -0.05) is 18.2 Å². The van der Waals surface area contributed by atoms with Crippen LogP contribution in [0, 0.1) is 6.42 Å². The van der Waals surface area contributed by atoms with E-state index in [9.17, 15) is 27.9 Å². The first-order valence-electron chi connectivity index (χ1n) is 10.3. The lowest BCUT2D eigenvalue weighted by Crippen LogP contribution is -2.64. The van der Waals surface area contributed by atoms with Gasteiger partial charge in [0.2, 0.25) is 15.9 Å². The highest BCUT2D eigenvalue weighted by atomic mass is 32.2. The quantitative estimate of drug-likeness (QED) is 0.530. The van der Waals surface area contributed by atoms with Gasteiger partial charge in [-0.05, 0) is 42.2 Å². The summed E-state index contributed by atoms with van der Waals surface area (Å²) in [4.78, 5) is 43.7. The van der Waals surface area contributed by atoms with Gasteiger partial charge in [0.25, 0.3) is 5.91 Å².